The van der Waals surface area contributed by atoms with Crippen LogP contribution < -0.4 is 4.74 Å². The highest BCUT2D eigenvalue weighted by atomic mass is 32.2. The molecule has 1 fully saturated rings. The number of benzene rings is 1. The molecule has 29 heavy (non-hydrogen) atoms. The largest absolute Gasteiger partial charge is 0.460 e. The van der Waals surface area contributed by atoms with Gasteiger partial charge in [0.05, 0.1) is 0 Å². The van der Waals surface area contributed by atoms with Gasteiger partial charge in [-0.25, -0.2) is 0 Å². The maximum atomic E-state index is 11.6. The molecule has 0 amide bonds. The molecule has 2 heterocycles. The van der Waals surface area contributed by atoms with Crippen molar-refractivity contribution in [1.29, 1.82) is 0 Å². The Morgan fingerprint density at radius 1 is 1.10 bits per heavy atom. The molecule has 5 atom stereocenters. The van der Waals surface area contributed by atoms with Crippen LogP contribution in [-0.4, -0.2) is 69.1 Å². The minimum atomic E-state index is -4.91. The van der Waals surface area contributed by atoms with Crippen molar-refractivity contribution >= 4 is 15.9 Å². The van der Waals surface area contributed by atoms with Crippen molar-refractivity contribution in [2.24, 2.45) is 0 Å². The summed E-state index contributed by atoms with van der Waals surface area (Å²) in [4.78, 5) is 15.8. The van der Waals surface area contributed by atoms with E-state index in [2.05, 4.69) is 4.98 Å². The maximum absolute atomic E-state index is 11.6. The minimum absolute atomic E-state index is 0.0509. The summed E-state index contributed by atoms with van der Waals surface area (Å²) >= 11 is 0. The van der Waals surface area contributed by atoms with Crippen LogP contribution in [0.4, 0.5) is 0 Å². The highest BCUT2D eigenvalue weighted by molar-refractivity contribution is 7.86. The van der Waals surface area contributed by atoms with E-state index in [1.165, 1.54) is 25.3 Å². The van der Waals surface area contributed by atoms with Crippen molar-refractivity contribution in [2.75, 3.05) is 0 Å². The molecule has 156 valence electrons. The summed E-state index contributed by atoms with van der Waals surface area (Å²) in [5, 5.41) is 29.8. The van der Waals surface area contributed by atoms with Gasteiger partial charge in [-0.05, 0) is 25.1 Å². The van der Waals surface area contributed by atoms with Gasteiger partial charge >= 0.3 is 0 Å². The minimum Gasteiger partial charge on any atom is -0.460 e. The molecule has 0 aliphatic carbocycles. The Bertz CT molecular complexity index is 1010. The van der Waals surface area contributed by atoms with E-state index in [-0.39, 0.29) is 17.2 Å². The van der Waals surface area contributed by atoms with Crippen LogP contribution in [0.1, 0.15) is 17.3 Å². The van der Waals surface area contributed by atoms with Crippen molar-refractivity contribution < 1.29 is 42.6 Å². The van der Waals surface area contributed by atoms with E-state index in [0.29, 0.717) is 11.1 Å². The lowest BCUT2D eigenvalue weighted by Gasteiger charge is -2.38. The van der Waals surface area contributed by atoms with Gasteiger partial charge in [0.1, 0.15) is 29.8 Å². The van der Waals surface area contributed by atoms with Crippen LogP contribution in [-0.2, 0) is 14.9 Å². The van der Waals surface area contributed by atoms with E-state index in [9.17, 15) is 33.1 Å². The highest BCUT2D eigenvalue weighted by Gasteiger charge is 2.50. The zero-order chi connectivity index (χ0) is 21.3. The summed E-state index contributed by atoms with van der Waals surface area (Å²) in [6, 6.07) is 9.48. The zero-order valence-corrected chi connectivity index (χ0v) is 15.9. The van der Waals surface area contributed by atoms with Crippen LogP contribution in [0.25, 0.3) is 11.3 Å². The average molecular weight is 425 g/mol. The van der Waals surface area contributed by atoms with E-state index < -0.39 is 40.2 Å². The standard InChI is InChI=1S/C18H19NO9S/c1-9(20)10-4-2-5-11(8-10)13-12(6-3-7-19-13)27-17-15(22)14(21)16(23)18(28-17)29(24,25)26/h2-8,14-18,21-23H,1H3,(H,24,25,26)/t14-,15-,16+,17-,18?/m1/s1. The van der Waals surface area contributed by atoms with Crippen LogP contribution >= 0.6 is 0 Å². The van der Waals surface area contributed by atoms with Crippen molar-refractivity contribution in [3.63, 3.8) is 0 Å². The second-order valence-electron chi connectivity index (χ2n) is 6.46. The van der Waals surface area contributed by atoms with Gasteiger partial charge in [-0.3, -0.25) is 14.3 Å². The van der Waals surface area contributed by atoms with Crippen molar-refractivity contribution in [1.82, 2.24) is 4.98 Å². The average Bonchev–Trinajstić information content (AvgIpc) is 2.68. The summed E-state index contributed by atoms with van der Waals surface area (Å²) in [6.07, 6.45) is -6.14. The first-order valence-corrected chi connectivity index (χ1v) is 9.99. The predicted octanol–water partition coefficient (Wildman–Crippen LogP) is -0.0171. The van der Waals surface area contributed by atoms with Crippen LogP contribution in [0, 0.1) is 0 Å². The van der Waals surface area contributed by atoms with Gasteiger partial charge in [-0.2, -0.15) is 8.42 Å². The summed E-state index contributed by atoms with van der Waals surface area (Å²) in [7, 11) is -4.91. The maximum Gasteiger partial charge on any atom is 0.295 e. The van der Waals surface area contributed by atoms with E-state index in [1.807, 2.05) is 0 Å². The van der Waals surface area contributed by atoms with E-state index in [4.69, 9.17) is 9.47 Å². The molecule has 11 heteroatoms. The van der Waals surface area contributed by atoms with Crippen LogP contribution in [0.3, 0.4) is 0 Å². The number of rotatable bonds is 5. The Labute approximate surface area is 166 Å². The molecular weight excluding hydrogens is 406 g/mol. The predicted molar refractivity (Wildman–Crippen MR) is 98.5 cm³/mol. The number of Topliss-reactive ketones (excluding diaryl/α,β-unsaturated/α-hetero) is 1. The molecule has 1 unspecified atom stereocenters. The summed E-state index contributed by atoms with van der Waals surface area (Å²) in [5.41, 5.74) is -1.02. The van der Waals surface area contributed by atoms with Crippen LogP contribution in [0.2, 0.25) is 0 Å². The van der Waals surface area contributed by atoms with Crippen LogP contribution in [0.15, 0.2) is 42.6 Å². The molecule has 1 aromatic carbocycles. The molecule has 1 saturated heterocycles. The summed E-state index contributed by atoms with van der Waals surface area (Å²) in [5.74, 6) is -0.112. The second-order valence-corrected chi connectivity index (χ2v) is 7.96. The first kappa shape index (κ1) is 21.3. The number of hydrogen-bond donors (Lipinski definition) is 4. The Morgan fingerprint density at radius 2 is 1.83 bits per heavy atom. The number of nitrogens with zero attached hydrogens (tertiary/aromatic N) is 1. The number of aliphatic hydroxyl groups excluding tert-OH is 3. The SMILES string of the molecule is CC(=O)c1cccc(-c2ncccc2O[C@@H]2OC(S(=O)(=O)O)[C@@H](O)[C@H](O)[C@H]2O)c1. The van der Waals surface area contributed by atoms with E-state index in [0.717, 1.165) is 0 Å². The number of carbonyl (C=O) groups is 1. The molecule has 10 nitrogen and oxygen atoms in total. The third kappa shape index (κ3) is 4.45. The van der Waals surface area contributed by atoms with E-state index >= 15 is 0 Å². The summed E-state index contributed by atoms with van der Waals surface area (Å²) in [6.45, 7) is 1.41. The third-order valence-corrected chi connectivity index (χ3v) is 5.35. The van der Waals surface area contributed by atoms with Crippen molar-refractivity contribution in [2.45, 2.75) is 37.0 Å². The highest BCUT2D eigenvalue weighted by Crippen LogP contribution is 2.32. The first-order chi connectivity index (χ1) is 13.6. The lowest BCUT2D eigenvalue weighted by molar-refractivity contribution is -0.254. The number of pyridine rings is 1. The van der Waals surface area contributed by atoms with Gasteiger partial charge in [0.2, 0.25) is 11.7 Å². The number of hydrogen-bond acceptors (Lipinski definition) is 9. The normalized spacial score (nSPS) is 27.4. The van der Waals surface area contributed by atoms with E-state index in [1.54, 1.807) is 24.3 Å². The van der Waals surface area contributed by atoms with Gasteiger partial charge in [0, 0.05) is 17.3 Å². The smallest absolute Gasteiger partial charge is 0.295 e. The zero-order valence-electron chi connectivity index (χ0n) is 15.1. The van der Waals surface area contributed by atoms with Gasteiger partial charge in [0.15, 0.2) is 5.78 Å². The molecule has 1 aliphatic rings. The molecule has 0 bridgehead atoms. The third-order valence-electron chi connectivity index (χ3n) is 4.38. The molecular formula is C18H19NO9S. The molecule has 1 aliphatic heterocycles. The van der Waals surface area contributed by atoms with Gasteiger partial charge in [0.25, 0.3) is 10.1 Å². The fourth-order valence-electron chi connectivity index (χ4n) is 2.87. The fourth-order valence-corrected chi connectivity index (χ4v) is 3.64. The number of aliphatic hydroxyl groups is 3. The van der Waals surface area contributed by atoms with Gasteiger partial charge in [-0.15, -0.1) is 0 Å². The lowest BCUT2D eigenvalue weighted by Crippen LogP contribution is -2.61. The number of ketones is 1. The van der Waals surface area contributed by atoms with Crippen LogP contribution in [0.5, 0.6) is 5.75 Å². The molecule has 0 saturated carbocycles. The van der Waals surface area contributed by atoms with Gasteiger partial charge < -0.3 is 24.8 Å². The Balaban J connectivity index is 1.95. The number of ether oxygens (including phenoxy) is 2. The molecule has 0 spiro atoms. The number of aromatic nitrogens is 1. The molecule has 4 N–H and O–H groups in total. The Morgan fingerprint density at radius 3 is 2.48 bits per heavy atom. The topological polar surface area (TPSA) is 163 Å². The first-order valence-electron chi connectivity index (χ1n) is 8.48. The lowest BCUT2D eigenvalue weighted by atomic mass is 10.0. The number of carbonyl (C=O) groups excluding carboxylic acids is 1. The van der Waals surface area contributed by atoms with Gasteiger partial charge in [-0.1, -0.05) is 18.2 Å². The quantitative estimate of drug-likeness (QED) is 0.378. The fraction of sp³-hybridized carbons (Fsp3) is 0.333. The van der Waals surface area contributed by atoms with Crippen molar-refractivity contribution in [3.8, 4) is 17.0 Å². The Kier molecular flexibility index (Phi) is 5.98. The molecule has 3 rings (SSSR count). The molecule has 1 aromatic heterocycles. The second kappa shape index (κ2) is 8.14. The van der Waals surface area contributed by atoms with Crippen molar-refractivity contribution in [3.05, 3.63) is 48.2 Å². The summed E-state index contributed by atoms with van der Waals surface area (Å²) < 4.78 is 42.6. The monoisotopic (exact) mass is 425 g/mol. The molecule has 2 aromatic rings. The Hall–Kier alpha value is -2.41. The molecule has 0 radical (unpaired) electrons.